The first kappa shape index (κ1) is 24.7. The van der Waals surface area contributed by atoms with Gasteiger partial charge in [-0.3, -0.25) is 4.79 Å². The molecule has 2 aromatic rings. The molecule has 168 valence electrons. The lowest BCUT2D eigenvalue weighted by Gasteiger charge is -2.19. The van der Waals surface area contributed by atoms with Crippen molar-refractivity contribution in [1.29, 1.82) is 0 Å². The largest absolute Gasteiger partial charge is 0.469 e. The molecule has 0 saturated carbocycles. The molecule has 0 aliphatic rings. The Hall–Kier alpha value is -2.53. The number of rotatable bonds is 9. The van der Waals surface area contributed by atoms with Crippen molar-refractivity contribution in [2.24, 2.45) is 0 Å². The fraction of sp³-hybridized carbons (Fsp3) is 0.440. The number of hydrogen-bond acceptors (Lipinski definition) is 4. The van der Waals surface area contributed by atoms with E-state index in [1.54, 1.807) is 0 Å². The average molecular weight is 446 g/mol. The Bertz CT molecular complexity index is 872. The van der Waals surface area contributed by atoms with Crippen LogP contribution in [-0.4, -0.2) is 31.3 Å². The van der Waals surface area contributed by atoms with Crippen LogP contribution in [0.4, 0.5) is 4.79 Å². The number of ether oxygens (including phenoxy) is 2. The van der Waals surface area contributed by atoms with E-state index in [2.05, 4.69) is 34.3 Å². The number of benzene rings is 2. The smallest absolute Gasteiger partial charge is 0.407 e. The molecule has 0 spiro atoms. The summed E-state index contributed by atoms with van der Waals surface area (Å²) in [7, 11) is 1.39. The molecule has 0 heterocycles. The topological polar surface area (TPSA) is 64.6 Å². The first-order chi connectivity index (χ1) is 14.7. The maximum atomic E-state index is 11.6. The van der Waals surface area contributed by atoms with Crippen molar-refractivity contribution in [2.45, 2.75) is 58.5 Å². The lowest BCUT2D eigenvalue weighted by molar-refractivity contribution is -0.140. The number of hydrogen-bond donors (Lipinski definition) is 1. The summed E-state index contributed by atoms with van der Waals surface area (Å²) in [6.07, 6.45) is 3.38. The molecule has 5 nitrogen and oxygen atoms in total. The zero-order valence-corrected chi connectivity index (χ0v) is 19.6. The molecule has 0 saturated heterocycles. The highest BCUT2D eigenvalue weighted by Gasteiger charge is 2.15. The Kier molecular flexibility index (Phi) is 9.38. The van der Waals surface area contributed by atoms with E-state index >= 15 is 0 Å². The summed E-state index contributed by atoms with van der Waals surface area (Å²) in [4.78, 5) is 22.9. The van der Waals surface area contributed by atoms with Crippen LogP contribution in [0.5, 0.6) is 0 Å². The third-order valence-corrected chi connectivity index (χ3v) is 5.02. The van der Waals surface area contributed by atoms with Gasteiger partial charge in [-0.2, -0.15) is 0 Å². The minimum absolute atomic E-state index is 0.226. The Morgan fingerprint density at radius 1 is 0.968 bits per heavy atom. The van der Waals surface area contributed by atoms with Gasteiger partial charge in [0.15, 0.2) is 0 Å². The summed E-state index contributed by atoms with van der Waals surface area (Å²) >= 11 is 6.48. The average Bonchev–Trinajstić information content (AvgIpc) is 2.71. The van der Waals surface area contributed by atoms with E-state index in [0.29, 0.717) is 24.4 Å². The normalized spacial score (nSPS) is 11.1. The standard InChI is InChI=1S/C25H32ClNO4/c1-25(2,3)31-24(29)27-16-6-5-7-18-8-12-20(13-9-18)21-14-10-19(17-22(21)26)11-15-23(28)30-4/h8-10,12-14,17H,5-7,11,15-16H2,1-4H3,(H,27,29). The molecular weight excluding hydrogens is 414 g/mol. The van der Waals surface area contributed by atoms with Gasteiger partial charge < -0.3 is 14.8 Å². The molecule has 0 aliphatic carbocycles. The van der Waals surface area contributed by atoms with Crippen LogP contribution in [0.25, 0.3) is 11.1 Å². The van der Waals surface area contributed by atoms with Crippen LogP contribution in [0, 0.1) is 0 Å². The summed E-state index contributed by atoms with van der Waals surface area (Å²) in [5, 5.41) is 3.45. The van der Waals surface area contributed by atoms with Gasteiger partial charge in [0.05, 0.1) is 7.11 Å². The molecule has 0 aromatic heterocycles. The van der Waals surface area contributed by atoms with Gasteiger partial charge in [-0.15, -0.1) is 0 Å². The molecule has 0 bridgehead atoms. The maximum Gasteiger partial charge on any atom is 0.407 e. The van der Waals surface area contributed by atoms with E-state index < -0.39 is 5.60 Å². The zero-order valence-electron chi connectivity index (χ0n) is 18.8. The molecule has 2 rings (SSSR count). The molecule has 31 heavy (non-hydrogen) atoms. The number of halogens is 1. The van der Waals surface area contributed by atoms with Crippen molar-refractivity contribution in [2.75, 3.05) is 13.7 Å². The minimum atomic E-state index is -0.474. The molecule has 0 atom stereocenters. The highest BCUT2D eigenvalue weighted by atomic mass is 35.5. The minimum Gasteiger partial charge on any atom is -0.469 e. The van der Waals surface area contributed by atoms with Crippen LogP contribution in [-0.2, 0) is 27.1 Å². The van der Waals surface area contributed by atoms with Gasteiger partial charge in [-0.05, 0) is 69.2 Å². The monoisotopic (exact) mass is 445 g/mol. The van der Waals surface area contributed by atoms with Gasteiger partial charge in [0.1, 0.15) is 5.60 Å². The van der Waals surface area contributed by atoms with E-state index in [1.807, 2.05) is 39.0 Å². The Morgan fingerprint density at radius 3 is 2.26 bits per heavy atom. The van der Waals surface area contributed by atoms with Crippen molar-refractivity contribution in [3.63, 3.8) is 0 Å². The number of alkyl carbamates (subject to hydrolysis) is 1. The van der Waals surface area contributed by atoms with Crippen molar-refractivity contribution < 1.29 is 19.1 Å². The van der Waals surface area contributed by atoms with E-state index in [0.717, 1.165) is 36.0 Å². The summed E-state index contributed by atoms with van der Waals surface area (Å²) in [5.41, 5.74) is 3.80. The predicted octanol–water partition coefficient (Wildman–Crippen LogP) is 5.96. The number of esters is 1. The summed E-state index contributed by atoms with van der Waals surface area (Å²) in [6, 6.07) is 14.3. The first-order valence-corrected chi connectivity index (χ1v) is 11.0. The number of carbonyl (C=O) groups is 2. The maximum absolute atomic E-state index is 11.6. The number of unbranched alkanes of at least 4 members (excludes halogenated alkanes) is 1. The van der Waals surface area contributed by atoms with E-state index in [-0.39, 0.29) is 12.1 Å². The second-order valence-corrected chi connectivity index (χ2v) is 8.88. The summed E-state index contributed by atoms with van der Waals surface area (Å²) in [6.45, 7) is 6.15. The molecule has 1 amide bonds. The third-order valence-electron chi connectivity index (χ3n) is 4.70. The Labute approximate surface area is 190 Å². The number of methoxy groups -OCH3 is 1. The van der Waals surface area contributed by atoms with Crippen molar-refractivity contribution in [3.8, 4) is 11.1 Å². The quantitative estimate of drug-likeness (QED) is 0.382. The van der Waals surface area contributed by atoms with Gasteiger partial charge in [-0.25, -0.2) is 4.79 Å². The Balaban J connectivity index is 1.81. The summed E-state index contributed by atoms with van der Waals surface area (Å²) in [5.74, 6) is -0.226. The van der Waals surface area contributed by atoms with Gasteiger partial charge in [-0.1, -0.05) is 48.0 Å². The number of aryl methyl sites for hydroxylation is 2. The third kappa shape index (κ3) is 9.01. The van der Waals surface area contributed by atoms with Gasteiger partial charge in [0.25, 0.3) is 0 Å². The van der Waals surface area contributed by atoms with Gasteiger partial charge >= 0.3 is 12.1 Å². The molecule has 0 fully saturated rings. The number of amides is 1. The SMILES string of the molecule is COC(=O)CCc1ccc(-c2ccc(CCCCNC(=O)OC(C)(C)C)cc2)c(Cl)c1. The number of nitrogens with one attached hydrogen (secondary N) is 1. The van der Waals surface area contributed by atoms with E-state index in [9.17, 15) is 9.59 Å². The van der Waals surface area contributed by atoms with Crippen LogP contribution in [0.15, 0.2) is 42.5 Å². The highest BCUT2D eigenvalue weighted by Crippen LogP contribution is 2.29. The zero-order chi connectivity index (χ0) is 22.9. The van der Waals surface area contributed by atoms with Crippen LogP contribution in [0.1, 0.15) is 51.2 Å². The predicted molar refractivity (Wildman–Crippen MR) is 124 cm³/mol. The highest BCUT2D eigenvalue weighted by molar-refractivity contribution is 6.33. The van der Waals surface area contributed by atoms with Crippen LogP contribution < -0.4 is 5.32 Å². The van der Waals surface area contributed by atoms with Crippen molar-refractivity contribution in [1.82, 2.24) is 5.32 Å². The molecule has 0 aliphatic heterocycles. The van der Waals surface area contributed by atoms with Gasteiger partial charge in [0, 0.05) is 23.6 Å². The second kappa shape index (κ2) is 11.8. The molecule has 6 heteroatoms. The first-order valence-electron chi connectivity index (χ1n) is 10.6. The van der Waals surface area contributed by atoms with Crippen LogP contribution >= 0.6 is 11.6 Å². The summed E-state index contributed by atoms with van der Waals surface area (Å²) < 4.78 is 9.90. The fourth-order valence-electron chi connectivity index (χ4n) is 3.11. The fourth-order valence-corrected chi connectivity index (χ4v) is 3.42. The second-order valence-electron chi connectivity index (χ2n) is 8.47. The molecule has 2 aromatic carbocycles. The molecule has 0 radical (unpaired) electrons. The molecule has 1 N–H and O–H groups in total. The molecular formula is C25H32ClNO4. The number of carbonyl (C=O) groups excluding carboxylic acids is 2. The lowest BCUT2D eigenvalue weighted by Crippen LogP contribution is -2.33. The van der Waals surface area contributed by atoms with E-state index in [1.165, 1.54) is 12.7 Å². The van der Waals surface area contributed by atoms with Crippen molar-refractivity contribution >= 4 is 23.7 Å². The van der Waals surface area contributed by atoms with Crippen LogP contribution in [0.3, 0.4) is 0 Å². The van der Waals surface area contributed by atoms with Crippen LogP contribution in [0.2, 0.25) is 5.02 Å². The molecule has 0 unspecified atom stereocenters. The van der Waals surface area contributed by atoms with Gasteiger partial charge in [0.2, 0.25) is 0 Å². The van der Waals surface area contributed by atoms with Crippen molar-refractivity contribution in [3.05, 3.63) is 58.6 Å². The Morgan fingerprint density at radius 2 is 1.65 bits per heavy atom. The van der Waals surface area contributed by atoms with E-state index in [4.69, 9.17) is 16.3 Å². The lowest BCUT2D eigenvalue weighted by atomic mass is 9.99.